The van der Waals surface area contributed by atoms with Gasteiger partial charge in [0.25, 0.3) is 5.91 Å². The fraction of sp³-hybridized carbons (Fsp3) is 0.357. The second-order valence-electron chi connectivity index (χ2n) is 9.73. The van der Waals surface area contributed by atoms with E-state index in [1.54, 1.807) is 35.8 Å². The number of carbonyl (C=O) groups is 1. The third-order valence-corrected chi connectivity index (χ3v) is 7.51. The third kappa shape index (κ3) is 5.33. The van der Waals surface area contributed by atoms with Gasteiger partial charge in [-0.05, 0) is 79.0 Å². The van der Waals surface area contributed by atoms with E-state index in [-0.39, 0.29) is 17.1 Å². The van der Waals surface area contributed by atoms with Crippen LogP contribution in [-0.4, -0.2) is 23.8 Å². The Kier molecular flexibility index (Phi) is 7.08. The van der Waals surface area contributed by atoms with Crippen molar-refractivity contribution in [2.75, 3.05) is 11.9 Å². The molecule has 34 heavy (non-hydrogen) atoms. The first-order chi connectivity index (χ1) is 16.3. The van der Waals surface area contributed by atoms with Gasteiger partial charge in [0.1, 0.15) is 5.00 Å². The SMILES string of the molecule is CCOc1cc(C=Nc2sc3c(c2C(=O)Nc2ccccc2)CC[C@H](C(C)(C)C)C3)ccc1O. The first-order valence-corrected chi connectivity index (χ1v) is 12.6. The number of amides is 1. The number of para-hydroxylation sites is 1. The van der Waals surface area contributed by atoms with Crippen LogP contribution in [0.25, 0.3) is 0 Å². The standard InChI is InChI=1S/C28H32N2O3S/c1-5-33-23-15-18(11-14-22(23)31)17-29-27-25(26(32)30-20-9-7-6-8-10-20)21-13-12-19(28(2,3)4)16-24(21)34-27/h6-11,14-15,17,19,31H,5,12-13,16H2,1-4H3,(H,30,32)/t19-/m0/s1. The van der Waals surface area contributed by atoms with Gasteiger partial charge < -0.3 is 15.2 Å². The van der Waals surface area contributed by atoms with Crippen LogP contribution < -0.4 is 10.1 Å². The van der Waals surface area contributed by atoms with Crippen molar-refractivity contribution < 1.29 is 14.6 Å². The molecule has 5 nitrogen and oxygen atoms in total. The molecule has 1 atom stereocenters. The van der Waals surface area contributed by atoms with Crippen LogP contribution in [0, 0.1) is 11.3 Å². The highest BCUT2D eigenvalue weighted by Gasteiger charge is 2.33. The van der Waals surface area contributed by atoms with Gasteiger partial charge in [-0.15, -0.1) is 11.3 Å². The maximum atomic E-state index is 13.4. The smallest absolute Gasteiger partial charge is 0.259 e. The molecule has 0 radical (unpaired) electrons. The number of hydrogen-bond donors (Lipinski definition) is 2. The summed E-state index contributed by atoms with van der Waals surface area (Å²) in [7, 11) is 0. The number of hydrogen-bond acceptors (Lipinski definition) is 5. The zero-order valence-electron chi connectivity index (χ0n) is 20.2. The number of ether oxygens (including phenoxy) is 1. The molecule has 178 valence electrons. The number of aliphatic imine (C=N–C) groups is 1. The number of aromatic hydroxyl groups is 1. The van der Waals surface area contributed by atoms with E-state index < -0.39 is 0 Å². The summed E-state index contributed by atoms with van der Waals surface area (Å²) in [6.07, 6.45) is 4.66. The van der Waals surface area contributed by atoms with Crippen LogP contribution >= 0.6 is 11.3 Å². The highest BCUT2D eigenvalue weighted by molar-refractivity contribution is 7.16. The number of phenols is 1. The first-order valence-electron chi connectivity index (χ1n) is 11.8. The van der Waals surface area contributed by atoms with Gasteiger partial charge in [-0.25, -0.2) is 4.99 Å². The highest BCUT2D eigenvalue weighted by atomic mass is 32.1. The zero-order chi connectivity index (χ0) is 24.3. The Morgan fingerprint density at radius 1 is 1.24 bits per heavy atom. The van der Waals surface area contributed by atoms with Crippen molar-refractivity contribution in [3.8, 4) is 11.5 Å². The van der Waals surface area contributed by atoms with E-state index in [0.29, 0.717) is 23.8 Å². The zero-order valence-corrected chi connectivity index (χ0v) is 21.0. The predicted molar refractivity (Wildman–Crippen MR) is 140 cm³/mol. The van der Waals surface area contributed by atoms with Crippen LogP contribution in [0.15, 0.2) is 53.5 Å². The Balaban J connectivity index is 1.69. The molecule has 0 aliphatic heterocycles. The first kappa shape index (κ1) is 24.0. The van der Waals surface area contributed by atoms with Gasteiger partial charge in [0.05, 0.1) is 12.2 Å². The minimum absolute atomic E-state index is 0.0988. The lowest BCUT2D eigenvalue weighted by atomic mass is 9.72. The van der Waals surface area contributed by atoms with Crippen molar-refractivity contribution >= 4 is 34.1 Å². The molecule has 1 aromatic heterocycles. The lowest BCUT2D eigenvalue weighted by Crippen LogP contribution is -2.27. The minimum atomic E-state index is -0.120. The summed E-state index contributed by atoms with van der Waals surface area (Å²) in [5.41, 5.74) is 3.60. The molecule has 0 unspecified atom stereocenters. The van der Waals surface area contributed by atoms with E-state index >= 15 is 0 Å². The van der Waals surface area contributed by atoms with Crippen LogP contribution in [0.1, 0.15) is 60.5 Å². The molecule has 1 aliphatic carbocycles. The summed E-state index contributed by atoms with van der Waals surface area (Å²) in [6, 6.07) is 14.7. The van der Waals surface area contributed by atoms with Gasteiger partial charge in [0.15, 0.2) is 11.5 Å². The van der Waals surface area contributed by atoms with Gasteiger partial charge in [0.2, 0.25) is 0 Å². The third-order valence-electron chi connectivity index (χ3n) is 6.34. The van der Waals surface area contributed by atoms with E-state index in [1.807, 2.05) is 37.3 Å². The maximum absolute atomic E-state index is 13.4. The summed E-state index contributed by atoms with van der Waals surface area (Å²) in [6.45, 7) is 9.21. The van der Waals surface area contributed by atoms with Crippen molar-refractivity contribution in [1.82, 2.24) is 0 Å². The number of nitrogens with zero attached hydrogens (tertiary/aromatic N) is 1. The molecule has 1 heterocycles. The second-order valence-corrected chi connectivity index (χ2v) is 10.8. The Bertz CT molecular complexity index is 1190. The van der Waals surface area contributed by atoms with Crippen LogP contribution in [-0.2, 0) is 12.8 Å². The molecule has 1 aliphatic rings. The number of fused-ring (bicyclic) bond motifs is 1. The van der Waals surface area contributed by atoms with E-state index in [0.717, 1.165) is 41.1 Å². The second kappa shape index (κ2) is 10.0. The van der Waals surface area contributed by atoms with E-state index in [2.05, 4.69) is 26.1 Å². The number of anilines is 1. The highest BCUT2D eigenvalue weighted by Crippen LogP contribution is 2.45. The normalized spacial score (nSPS) is 15.8. The van der Waals surface area contributed by atoms with Gasteiger partial charge in [0, 0.05) is 16.8 Å². The topological polar surface area (TPSA) is 70.9 Å². The number of thiophene rings is 1. The lowest BCUT2D eigenvalue weighted by molar-refractivity contribution is 0.102. The molecule has 3 aromatic rings. The molecule has 1 amide bonds. The van der Waals surface area contributed by atoms with E-state index in [1.165, 1.54) is 4.88 Å². The lowest BCUT2D eigenvalue weighted by Gasteiger charge is -2.33. The fourth-order valence-corrected chi connectivity index (χ4v) is 5.63. The number of nitrogens with one attached hydrogen (secondary N) is 1. The number of benzene rings is 2. The molecule has 2 aromatic carbocycles. The summed E-state index contributed by atoms with van der Waals surface area (Å²) in [5, 5.41) is 13.8. The molecule has 4 rings (SSSR count). The van der Waals surface area contributed by atoms with Crippen molar-refractivity contribution in [1.29, 1.82) is 0 Å². The Hall–Kier alpha value is -3.12. The molecule has 0 fully saturated rings. The number of rotatable bonds is 6. The number of carbonyl (C=O) groups excluding carboxylic acids is 1. The molecule has 0 saturated carbocycles. The van der Waals surface area contributed by atoms with Crippen LogP contribution in [0.3, 0.4) is 0 Å². The maximum Gasteiger partial charge on any atom is 0.259 e. The predicted octanol–water partition coefficient (Wildman–Crippen LogP) is 7.01. The van der Waals surface area contributed by atoms with Gasteiger partial charge in [-0.1, -0.05) is 39.0 Å². The average molecular weight is 477 g/mol. The molecule has 0 spiro atoms. The monoisotopic (exact) mass is 476 g/mol. The van der Waals surface area contributed by atoms with Gasteiger partial charge in [-0.2, -0.15) is 0 Å². The summed E-state index contributed by atoms with van der Waals surface area (Å²) < 4.78 is 5.49. The van der Waals surface area contributed by atoms with Gasteiger partial charge >= 0.3 is 0 Å². The van der Waals surface area contributed by atoms with Crippen LogP contribution in [0.5, 0.6) is 11.5 Å². The Labute approximate surface area is 205 Å². The van der Waals surface area contributed by atoms with E-state index in [4.69, 9.17) is 9.73 Å². The molecular formula is C28H32N2O3S. The van der Waals surface area contributed by atoms with Crippen molar-refractivity contribution in [2.24, 2.45) is 16.3 Å². The number of phenolic OH excluding ortho intramolecular Hbond substituents is 1. The van der Waals surface area contributed by atoms with Crippen LogP contribution in [0.4, 0.5) is 10.7 Å². The molecular weight excluding hydrogens is 444 g/mol. The summed E-state index contributed by atoms with van der Waals surface area (Å²) >= 11 is 1.62. The Morgan fingerprint density at radius 3 is 2.71 bits per heavy atom. The average Bonchev–Trinajstić information content (AvgIpc) is 3.17. The largest absolute Gasteiger partial charge is 0.504 e. The minimum Gasteiger partial charge on any atom is -0.504 e. The summed E-state index contributed by atoms with van der Waals surface area (Å²) in [4.78, 5) is 19.4. The Morgan fingerprint density at radius 2 is 2.00 bits per heavy atom. The van der Waals surface area contributed by atoms with Crippen molar-refractivity contribution in [2.45, 2.75) is 47.0 Å². The van der Waals surface area contributed by atoms with Gasteiger partial charge in [-0.3, -0.25) is 4.79 Å². The quantitative estimate of drug-likeness (QED) is 0.376. The molecule has 6 heteroatoms. The molecule has 0 bridgehead atoms. The summed E-state index contributed by atoms with van der Waals surface area (Å²) in [5.74, 6) is 0.978. The van der Waals surface area contributed by atoms with Crippen molar-refractivity contribution in [3.63, 3.8) is 0 Å². The molecule has 2 N–H and O–H groups in total. The van der Waals surface area contributed by atoms with Crippen LogP contribution in [0.2, 0.25) is 0 Å². The van der Waals surface area contributed by atoms with E-state index in [9.17, 15) is 9.90 Å². The molecule has 0 saturated heterocycles. The fourth-order valence-electron chi connectivity index (χ4n) is 4.37. The van der Waals surface area contributed by atoms with Crippen molar-refractivity contribution in [3.05, 3.63) is 70.1 Å².